The van der Waals surface area contributed by atoms with Crippen LogP contribution in [0.5, 0.6) is 0 Å². The lowest BCUT2D eigenvalue weighted by Gasteiger charge is -2.28. The van der Waals surface area contributed by atoms with Crippen molar-refractivity contribution in [1.29, 1.82) is 0 Å². The van der Waals surface area contributed by atoms with E-state index in [1.807, 2.05) is 28.5 Å². The molecule has 0 aromatic carbocycles. The van der Waals surface area contributed by atoms with Crippen LogP contribution in [0.4, 0.5) is 0 Å². The Morgan fingerprint density at radius 3 is 2.88 bits per heavy atom. The Kier molecular flexibility index (Phi) is 4.61. The number of carbonyl (C=O) groups is 1. The number of rotatable bonds is 3. The van der Waals surface area contributed by atoms with Crippen LogP contribution in [0.2, 0.25) is 0 Å². The number of aromatic nitrogens is 2. The second-order valence-corrected chi connectivity index (χ2v) is 7.14. The second-order valence-electron chi connectivity index (χ2n) is 6.19. The number of hydrogen-bond donors (Lipinski definition) is 0. The topological polar surface area (TPSA) is 59.2 Å². The van der Waals surface area contributed by atoms with Gasteiger partial charge in [0, 0.05) is 30.6 Å². The minimum atomic E-state index is -0.0411. The van der Waals surface area contributed by atoms with Crippen LogP contribution < -0.4 is 0 Å². The zero-order valence-electron chi connectivity index (χ0n) is 13.8. The van der Waals surface area contributed by atoms with Gasteiger partial charge in [0.05, 0.1) is 10.9 Å². The van der Waals surface area contributed by atoms with Crippen LogP contribution in [-0.4, -0.2) is 27.5 Å². The molecule has 0 unspecified atom stereocenters. The molecule has 3 aromatic heterocycles. The smallest absolute Gasteiger partial charge is 0.254 e. The van der Waals surface area contributed by atoms with Gasteiger partial charge in [0.15, 0.2) is 5.76 Å². The molecule has 5 nitrogen and oxygen atoms in total. The van der Waals surface area contributed by atoms with E-state index in [9.17, 15) is 4.79 Å². The Hall–Kier alpha value is -2.47. The molecule has 1 fully saturated rings. The van der Waals surface area contributed by atoms with Crippen LogP contribution in [0, 0.1) is 0 Å². The molecule has 1 amide bonds. The van der Waals surface area contributed by atoms with E-state index < -0.39 is 0 Å². The van der Waals surface area contributed by atoms with Gasteiger partial charge in [-0.15, -0.1) is 11.3 Å². The van der Waals surface area contributed by atoms with Crippen LogP contribution in [0.15, 0.2) is 52.6 Å². The quantitative estimate of drug-likeness (QED) is 0.693. The van der Waals surface area contributed by atoms with Gasteiger partial charge in [-0.1, -0.05) is 24.1 Å². The van der Waals surface area contributed by atoms with E-state index in [0.29, 0.717) is 5.56 Å². The average Bonchev–Trinajstić information content (AvgIpc) is 3.29. The average molecular weight is 353 g/mol. The van der Waals surface area contributed by atoms with Gasteiger partial charge in [0.2, 0.25) is 0 Å². The van der Waals surface area contributed by atoms with E-state index in [1.165, 1.54) is 0 Å². The van der Waals surface area contributed by atoms with Crippen molar-refractivity contribution in [2.45, 2.75) is 31.7 Å². The first kappa shape index (κ1) is 16.0. The van der Waals surface area contributed by atoms with Crippen LogP contribution in [-0.2, 0) is 0 Å². The first-order valence-corrected chi connectivity index (χ1v) is 9.42. The minimum absolute atomic E-state index is 0.0370. The van der Waals surface area contributed by atoms with Gasteiger partial charge in [-0.05, 0) is 36.4 Å². The molecule has 0 N–H and O–H groups in total. The van der Waals surface area contributed by atoms with E-state index in [1.54, 1.807) is 35.9 Å². The predicted octanol–water partition coefficient (Wildman–Crippen LogP) is 4.56. The van der Waals surface area contributed by atoms with Crippen molar-refractivity contribution >= 4 is 17.2 Å². The molecule has 6 heteroatoms. The predicted molar refractivity (Wildman–Crippen MR) is 96.3 cm³/mol. The van der Waals surface area contributed by atoms with Gasteiger partial charge < -0.3 is 9.42 Å². The second kappa shape index (κ2) is 7.19. The lowest BCUT2D eigenvalue weighted by molar-refractivity contribution is 0.0674. The monoisotopic (exact) mass is 353 g/mol. The maximum atomic E-state index is 13.0. The van der Waals surface area contributed by atoms with Crippen molar-refractivity contribution in [3.8, 4) is 10.6 Å². The molecule has 0 bridgehead atoms. The molecule has 128 valence electrons. The highest BCUT2D eigenvalue weighted by molar-refractivity contribution is 7.13. The fourth-order valence-corrected chi connectivity index (χ4v) is 3.97. The van der Waals surface area contributed by atoms with Crippen LogP contribution in [0.25, 0.3) is 10.6 Å². The van der Waals surface area contributed by atoms with Gasteiger partial charge in [-0.3, -0.25) is 9.78 Å². The first-order valence-electron chi connectivity index (χ1n) is 8.54. The number of hydrogen-bond acceptors (Lipinski definition) is 5. The number of nitrogens with zero attached hydrogens (tertiary/aromatic N) is 3. The van der Waals surface area contributed by atoms with E-state index in [2.05, 4.69) is 10.1 Å². The fraction of sp³-hybridized carbons (Fsp3) is 0.316. The van der Waals surface area contributed by atoms with Gasteiger partial charge in [-0.2, -0.15) is 0 Å². The van der Waals surface area contributed by atoms with Gasteiger partial charge in [-0.25, -0.2) is 0 Å². The number of likely N-dealkylation sites (tertiary alicyclic amines) is 1. The van der Waals surface area contributed by atoms with E-state index >= 15 is 0 Å². The zero-order valence-corrected chi connectivity index (χ0v) is 14.6. The summed E-state index contributed by atoms with van der Waals surface area (Å²) in [4.78, 5) is 20.0. The molecule has 0 spiro atoms. The molecule has 4 rings (SSSR count). The summed E-state index contributed by atoms with van der Waals surface area (Å²) in [7, 11) is 0. The van der Waals surface area contributed by atoms with Crippen LogP contribution >= 0.6 is 11.3 Å². The highest BCUT2D eigenvalue weighted by Gasteiger charge is 2.30. The largest absolute Gasteiger partial charge is 0.355 e. The molecule has 0 radical (unpaired) electrons. The Bertz CT molecular complexity index is 829. The van der Waals surface area contributed by atoms with Crippen molar-refractivity contribution in [3.63, 3.8) is 0 Å². The lowest BCUT2D eigenvalue weighted by Crippen LogP contribution is -2.35. The summed E-state index contributed by atoms with van der Waals surface area (Å²) in [6, 6.07) is 9.48. The Morgan fingerprint density at radius 1 is 1.20 bits per heavy atom. The fourth-order valence-electron chi connectivity index (χ4n) is 3.30. The van der Waals surface area contributed by atoms with E-state index in [0.717, 1.165) is 48.6 Å². The highest BCUT2D eigenvalue weighted by atomic mass is 32.1. The molecule has 3 aromatic rings. The lowest BCUT2D eigenvalue weighted by atomic mass is 10.1. The summed E-state index contributed by atoms with van der Waals surface area (Å²) >= 11 is 1.62. The summed E-state index contributed by atoms with van der Waals surface area (Å²) in [6.07, 6.45) is 7.46. The molecule has 1 saturated heterocycles. The maximum absolute atomic E-state index is 13.0. The van der Waals surface area contributed by atoms with Gasteiger partial charge in [0.25, 0.3) is 5.91 Å². The summed E-state index contributed by atoms with van der Waals surface area (Å²) < 4.78 is 5.55. The number of thiophene rings is 1. The van der Waals surface area contributed by atoms with Gasteiger partial charge in [0.1, 0.15) is 5.69 Å². The number of pyridine rings is 1. The zero-order chi connectivity index (χ0) is 17.1. The number of carbonyl (C=O) groups excluding carboxylic acids is 1. The Morgan fingerprint density at radius 2 is 2.08 bits per heavy atom. The normalized spacial score (nSPS) is 18.1. The SMILES string of the molecule is O=C(c1ccncc1)N1CCCCC[C@@H]1c1cc(-c2cccs2)on1. The highest BCUT2D eigenvalue weighted by Crippen LogP contribution is 2.34. The Balaban J connectivity index is 1.64. The Labute approximate surface area is 150 Å². The molecule has 25 heavy (non-hydrogen) atoms. The van der Waals surface area contributed by atoms with Crippen molar-refractivity contribution in [1.82, 2.24) is 15.0 Å². The van der Waals surface area contributed by atoms with Crippen molar-refractivity contribution < 1.29 is 9.32 Å². The van der Waals surface area contributed by atoms with E-state index in [-0.39, 0.29) is 11.9 Å². The maximum Gasteiger partial charge on any atom is 0.254 e. The summed E-state index contributed by atoms with van der Waals surface area (Å²) in [5.41, 5.74) is 1.51. The first-order chi connectivity index (χ1) is 12.3. The molecule has 0 saturated carbocycles. The molecule has 0 aliphatic carbocycles. The molecular weight excluding hydrogens is 334 g/mol. The third-order valence-corrected chi connectivity index (χ3v) is 5.46. The molecule has 4 heterocycles. The third-order valence-electron chi connectivity index (χ3n) is 4.57. The molecule has 1 aliphatic heterocycles. The van der Waals surface area contributed by atoms with Crippen molar-refractivity contribution in [2.75, 3.05) is 6.54 Å². The standard InChI is InChI=1S/C19H19N3O2S/c23-19(14-7-9-20-10-8-14)22-11-3-1-2-5-16(22)15-13-17(24-21-15)18-6-4-12-25-18/h4,6-10,12-13,16H,1-3,5,11H2/t16-/m1/s1. The van der Waals surface area contributed by atoms with Crippen LogP contribution in [0.1, 0.15) is 47.8 Å². The number of amides is 1. The van der Waals surface area contributed by atoms with Crippen molar-refractivity contribution in [2.24, 2.45) is 0 Å². The van der Waals surface area contributed by atoms with Gasteiger partial charge >= 0.3 is 0 Å². The molecule has 1 atom stereocenters. The summed E-state index contributed by atoms with van der Waals surface area (Å²) in [5.74, 6) is 0.806. The summed E-state index contributed by atoms with van der Waals surface area (Å²) in [5, 5.41) is 6.31. The summed E-state index contributed by atoms with van der Waals surface area (Å²) in [6.45, 7) is 0.743. The van der Waals surface area contributed by atoms with Crippen molar-refractivity contribution in [3.05, 3.63) is 59.4 Å². The minimum Gasteiger partial charge on any atom is -0.355 e. The van der Waals surface area contributed by atoms with Crippen LogP contribution in [0.3, 0.4) is 0 Å². The molecule has 1 aliphatic rings. The van der Waals surface area contributed by atoms with E-state index in [4.69, 9.17) is 4.52 Å². The third kappa shape index (κ3) is 3.35. The molecular formula is C19H19N3O2S.